The predicted molar refractivity (Wildman–Crippen MR) is 110 cm³/mol. The molecule has 0 unspecified atom stereocenters. The van der Waals surface area contributed by atoms with Crippen LogP contribution in [0.5, 0.6) is 5.75 Å². The van der Waals surface area contributed by atoms with Crippen LogP contribution in [-0.2, 0) is 13.0 Å². The second kappa shape index (κ2) is 7.62. The monoisotopic (exact) mass is 425 g/mol. The number of rotatable bonds is 3. The first kappa shape index (κ1) is 18.9. The van der Waals surface area contributed by atoms with Crippen LogP contribution in [0.15, 0.2) is 47.3 Å². The van der Waals surface area contributed by atoms with E-state index in [-0.39, 0.29) is 11.4 Å². The van der Waals surface area contributed by atoms with Gasteiger partial charge in [-0.25, -0.2) is 19.3 Å². The topological polar surface area (TPSA) is 84.0 Å². The molecule has 0 bridgehead atoms. The van der Waals surface area contributed by atoms with Crippen LogP contribution in [0, 0.1) is 5.82 Å². The molecular formula is C21H17ClFN5O2. The number of aromatic amines is 1. The second-order valence-electron chi connectivity index (χ2n) is 7.27. The number of hydrogen-bond donors (Lipinski definition) is 1. The van der Waals surface area contributed by atoms with Crippen molar-refractivity contribution in [1.29, 1.82) is 0 Å². The third-order valence-corrected chi connectivity index (χ3v) is 5.76. The number of hydrogen-bond acceptors (Lipinski definition) is 6. The van der Waals surface area contributed by atoms with E-state index >= 15 is 0 Å². The fraction of sp³-hybridized carbons (Fsp3) is 0.238. The molecule has 9 heteroatoms. The number of H-pyrrole nitrogens is 1. The predicted octanol–water partition coefficient (Wildman–Crippen LogP) is 2.77. The largest absolute Gasteiger partial charge is 0.488 e. The fourth-order valence-corrected chi connectivity index (χ4v) is 4.04. The van der Waals surface area contributed by atoms with Gasteiger partial charge in [0.05, 0.1) is 21.9 Å². The first-order valence-corrected chi connectivity index (χ1v) is 9.86. The van der Waals surface area contributed by atoms with Crippen LogP contribution in [0.3, 0.4) is 0 Å². The molecule has 152 valence electrons. The van der Waals surface area contributed by atoms with Crippen LogP contribution < -0.4 is 10.3 Å². The van der Waals surface area contributed by atoms with Gasteiger partial charge in [-0.05, 0) is 18.2 Å². The van der Waals surface area contributed by atoms with E-state index in [0.29, 0.717) is 59.4 Å². The molecule has 1 aromatic carbocycles. The van der Waals surface area contributed by atoms with Crippen molar-refractivity contribution in [3.05, 3.63) is 75.5 Å². The Kier molecular flexibility index (Phi) is 4.80. The average Bonchev–Trinajstić information content (AvgIpc) is 2.77. The highest BCUT2D eigenvalue weighted by Crippen LogP contribution is 2.36. The van der Waals surface area contributed by atoms with E-state index in [1.807, 2.05) is 0 Å². The molecule has 0 fully saturated rings. The maximum atomic E-state index is 13.6. The Bertz CT molecular complexity index is 1210. The van der Waals surface area contributed by atoms with Crippen LogP contribution in [0.25, 0.3) is 16.4 Å². The lowest BCUT2D eigenvalue weighted by Crippen LogP contribution is -2.37. The third-order valence-electron chi connectivity index (χ3n) is 5.29. The molecule has 0 saturated carbocycles. The van der Waals surface area contributed by atoms with Crippen molar-refractivity contribution >= 4 is 16.6 Å². The lowest BCUT2D eigenvalue weighted by molar-refractivity contribution is 0.254. The summed E-state index contributed by atoms with van der Waals surface area (Å²) in [5.74, 6) is 0.686. The summed E-state index contributed by atoms with van der Waals surface area (Å²) in [7, 11) is 0. The molecule has 5 rings (SSSR count). The first-order valence-electron chi connectivity index (χ1n) is 9.48. The van der Waals surface area contributed by atoms with Crippen molar-refractivity contribution in [3.8, 4) is 17.1 Å². The van der Waals surface area contributed by atoms with Gasteiger partial charge in [0, 0.05) is 49.6 Å². The van der Waals surface area contributed by atoms with Gasteiger partial charge in [-0.3, -0.25) is 9.69 Å². The maximum absolute atomic E-state index is 13.6. The number of fused-ring (bicyclic) bond motifs is 2. The maximum Gasteiger partial charge on any atom is 0.255 e. The van der Waals surface area contributed by atoms with Crippen molar-refractivity contribution in [2.75, 3.05) is 19.7 Å². The van der Waals surface area contributed by atoms with Crippen molar-refractivity contribution in [1.82, 2.24) is 24.8 Å². The van der Waals surface area contributed by atoms with Crippen LogP contribution in [0.1, 0.15) is 16.8 Å². The van der Waals surface area contributed by atoms with Crippen molar-refractivity contribution in [2.45, 2.75) is 13.0 Å². The zero-order chi connectivity index (χ0) is 20.7. The standard InChI is InChI=1S/C21H17ClFN5O2/c22-19-13(10-30-18-2-1-14(23)5-15(18)19)8-28-4-3-17-16(9-28)21(29)27-20(26-17)12-6-24-11-25-7-12/h1-2,5-7,11H,3-4,8-10H2,(H,26,27,29). The Morgan fingerprint density at radius 2 is 2.10 bits per heavy atom. The summed E-state index contributed by atoms with van der Waals surface area (Å²) in [6.45, 7) is 2.04. The van der Waals surface area contributed by atoms with Gasteiger partial charge >= 0.3 is 0 Å². The summed E-state index contributed by atoms with van der Waals surface area (Å²) >= 11 is 6.54. The van der Waals surface area contributed by atoms with Crippen LogP contribution >= 0.6 is 11.6 Å². The van der Waals surface area contributed by atoms with Gasteiger partial charge in [0.2, 0.25) is 0 Å². The molecule has 2 aliphatic heterocycles. The van der Waals surface area contributed by atoms with Crippen LogP contribution in [-0.4, -0.2) is 44.5 Å². The smallest absolute Gasteiger partial charge is 0.255 e. The SMILES string of the molecule is O=c1[nH]c(-c2cncnc2)nc2c1CN(CC1=C(Cl)c3cc(F)ccc3OC1)CC2. The number of nitrogens with one attached hydrogen (secondary N) is 1. The minimum absolute atomic E-state index is 0.170. The van der Waals surface area contributed by atoms with Gasteiger partial charge in [0.1, 0.15) is 30.3 Å². The highest BCUT2D eigenvalue weighted by atomic mass is 35.5. The number of ether oxygens (including phenoxy) is 1. The van der Waals surface area contributed by atoms with Crippen LogP contribution in [0.4, 0.5) is 4.39 Å². The molecule has 2 aromatic heterocycles. The van der Waals surface area contributed by atoms with Gasteiger partial charge in [0.25, 0.3) is 5.56 Å². The zero-order valence-electron chi connectivity index (χ0n) is 15.9. The first-order chi connectivity index (χ1) is 14.6. The molecule has 1 N–H and O–H groups in total. The second-order valence-corrected chi connectivity index (χ2v) is 7.65. The van der Waals surface area contributed by atoms with E-state index in [0.717, 1.165) is 17.8 Å². The highest BCUT2D eigenvalue weighted by Gasteiger charge is 2.25. The molecule has 0 amide bonds. The fourth-order valence-electron chi connectivity index (χ4n) is 3.78. The number of nitrogens with zero attached hydrogens (tertiary/aromatic N) is 4. The average molecular weight is 426 g/mol. The van der Waals surface area contributed by atoms with Crippen molar-refractivity contribution in [3.63, 3.8) is 0 Å². The van der Waals surface area contributed by atoms with Crippen LogP contribution in [0.2, 0.25) is 0 Å². The van der Waals surface area contributed by atoms with E-state index in [1.165, 1.54) is 18.5 Å². The third kappa shape index (κ3) is 3.48. The molecule has 3 aromatic rings. The van der Waals surface area contributed by atoms with E-state index in [1.54, 1.807) is 18.5 Å². The normalized spacial score (nSPS) is 16.1. The Morgan fingerprint density at radius 1 is 1.27 bits per heavy atom. The minimum atomic E-state index is -0.360. The van der Waals surface area contributed by atoms with Gasteiger partial charge in [0.15, 0.2) is 0 Å². The summed E-state index contributed by atoms with van der Waals surface area (Å²) < 4.78 is 19.4. The van der Waals surface area contributed by atoms with Crippen molar-refractivity contribution in [2.24, 2.45) is 0 Å². The highest BCUT2D eigenvalue weighted by molar-refractivity contribution is 6.49. The molecule has 7 nitrogen and oxygen atoms in total. The van der Waals surface area contributed by atoms with Gasteiger partial charge in [-0.15, -0.1) is 0 Å². The molecule has 0 saturated heterocycles. The van der Waals surface area contributed by atoms with E-state index < -0.39 is 0 Å². The number of aromatic nitrogens is 4. The molecule has 0 aliphatic carbocycles. The summed E-state index contributed by atoms with van der Waals surface area (Å²) in [6.07, 6.45) is 5.30. The molecular weight excluding hydrogens is 409 g/mol. The summed E-state index contributed by atoms with van der Waals surface area (Å²) in [4.78, 5) is 30.2. The Hall–Kier alpha value is -3.10. The Labute approximate surface area is 176 Å². The number of benzene rings is 1. The summed E-state index contributed by atoms with van der Waals surface area (Å²) in [5.41, 5.74) is 3.34. The molecule has 30 heavy (non-hydrogen) atoms. The Morgan fingerprint density at radius 3 is 2.93 bits per heavy atom. The van der Waals surface area contributed by atoms with Gasteiger partial charge < -0.3 is 9.72 Å². The van der Waals surface area contributed by atoms with E-state index in [2.05, 4.69) is 24.8 Å². The quantitative estimate of drug-likeness (QED) is 0.694. The summed E-state index contributed by atoms with van der Waals surface area (Å²) in [5, 5.41) is 0.507. The lowest BCUT2D eigenvalue weighted by Gasteiger charge is -2.30. The van der Waals surface area contributed by atoms with E-state index in [9.17, 15) is 9.18 Å². The van der Waals surface area contributed by atoms with Gasteiger partial charge in [-0.1, -0.05) is 11.6 Å². The lowest BCUT2D eigenvalue weighted by atomic mass is 10.0. The van der Waals surface area contributed by atoms with Crippen molar-refractivity contribution < 1.29 is 9.13 Å². The molecule has 0 spiro atoms. The Balaban J connectivity index is 1.39. The summed E-state index contributed by atoms with van der Waals surface area (Å²) in [6, 6.07) is 4.32. The minimum Gasteiger partial charge on any atom is -0.488 e. The molecule has 0 radical (unpaired) electrons. The number of halogens is 2. The van der Waals surface area contributed by atoms with Gasteiger partial charge in [-0.2, -0.15) is 0 Å². The van der Waals surface area contributed by atoms with E-state index in [4.69, 9.17) is 16.3 Å². The molecule has 0 atom stereocenters. The zero-order valence-corrected chi connectivity index (χ0v) is 16.6. The molecule has 2 aliphatic rings. The molecule has 4 heterocycles.